The van der Waals surface area contributed by atoms with E-state index in [0.717, 1.165) is 67.3 Å². The van der Waals surface area contributed by atoms with Gasteiger partial charge in [-0.3, -0.25) is 9.13 Å². The summed E-state index contributed by atoms with van der Waals surface area (Å²) in [6.07, 6.45) is 4.38. The van der Waals surface area contributed by atoms with Crippen molar-refractivity contribution in [1.82, 2.24) is 19.1 Å². The van der Waals surface area contributed by atoms with Gasteiger partial charge in [-0.2, -0.15) is 0 Å². The first-order chi connectivity index (χ1) is 31.7. The number of hydrogen-bond donors (Lipinski definition) is 0. The van der Waals surface area contributed by atoms with Crippen molar-refractivity contribution in [2.75, 3.05) is 0 Å². The van der Waals surface area contributed by atoms with Gasteiger partial charge in [-0.1, -0.05) is 194 Å². The molecule has 0 spiro atoms. The van der Waals surface area contributed by atoms with E-state index in [1.807, 2.05) is 0 Å². The molecule has 14 rings (SSSR count). The Balaban J connectivity index is 0.852. The summed E-state index contributed by atoms with van der Waals surface area (Å²) < 4.78 is 4.70. The lowest BCUT2D eigenvalue weighted by atomic mass is 9.93. The van der Waals surface area contributed by atoms with Crippen LogP contribution in [-0.4, -0.2) is 19.1 Å². The average Bonchev–Trinajstić information content (AvgIpc) is 3.97. The minimum atomic E-state index is 0.928. The van der Waals surface area contributed by atoms with Crippen molar-refractivity contribution in [3.63, 3.8) is 0 Å². The summed E-state index contributed by atoms with van der Waals surface area (Å²) in [5.41, 5.74) is 10.9. The standard InChI is InChI=1S/C60H36N4/c1-3-15-45(16-4-1)63-57-49-21-9-13-41-35-33-39-11-7-19-47(51(39)53(41)49)55(57)61-59(63)43-29-25-37(26-30-43)23-24-38-27-31-44(32-28-38)60-62-56-48-20-8-12-40-34-36-42-14-10-22-50(54(42)52(40)48)58(56)64(60)46-17-5-2-6-18-46/h1-36H/b24-23+. The molecule has 4 nitrogen and oxygen atoms in total. The summed E-state index contributed by atoms with van der Waals surface area (Å²) in [6.45, 7) is 0. The van der Waals surface area contributed by atoms with Gasteiger partial charge in [0.25, 0.3) is 0 Å². The van der Waals surface area contributed by atoms with Crippen LogP contribution in [0.1, 0.15) is 11.1 Å². The molecule has 12 aromatic carbocycles. The highest BCUT2D eigenvalue weighted by Gasteiger charge is 2.23. The van der Waals surface area contributed by atoms with Gasteiger partial charge in [-0.05, 0) is 78.5 Å². The zero-order valence-corrected chi connectivity index (χ0v) is 34.6. The fraction of sp³-hybridized carbons (Fsp3) is 0. The molecule has 0 saturated heterocycles. The maximum atomic E-state index is 5.48. The Labute approximate surface area is 367 Å². The highest BCUT2D eigenvalue weighted by Crippen LogP contribution is 2.45. The number of aromatic nitrogens is 4. The van der Waals surface area contributed by atoms with Crippen LogP contribution in [0.4, 0.5) is 0 Å². The molecular weight excluding hydrogens is 777 g/mol. The van der Waals surface area contributed by atoms with Crippen molar-refractivity contribution in [2.45, 2.75) is 0 Å². The highest BCUT2D eigenvalue weighted by atomic mass is 15.1. The Bertz CT molecular complexity index is 3870. The van der Waals surface area contributed by atoms with Gasteiger partial charge < -0.3 is 0 Å². The van der Waals surface area contributed by atoms with Gasteiger partial charge in [0.2, 0.25) is 0 Å². The fourth-order valence-electron chi connectivity index (χ4n) is 10.5. The minimum absolute atomic E-state index is 0.928. The van der Waals surface area contributed by atoms with Crippen LogP contribution in [0.5, 0.6) is 0 Å². The summed E-state index contributed by atoms with van der Waals surface area (Å²) in [5, 5.41) is 14.9. The third-order valence-corrected chi connectivity index (χ3v) is 13.4. The van der Waals surface area contributed by atoms with Gasteiger partial charge in [0.1, 0.15) is 11.6 Å². The maximum Gasteiger partial charge on any atom is 0.145 e. The topological polar surface area (TPSA) is 35.6 Å². The minimum Gasteiger partial charge on any atom is -0.292 e. The van der Waals surface area contributed by atoms with Gasteiger partial charge in [0.05, 0.1) is 22.1 Å². The normalized spacial score (nSPS) is 12.3. The van der Waals surface area contributed by atoms with Crippen molar-refractivity contribution in [2.24, 2.45) is 0 Å². The summed E-state index contributed by atoms with van der Waals surface area (Å²) in [4.78, 5) is 11.0. The first-order valence-corrected chi connectivity index (χ1v) is 21.9. The Morgan fingerprint density at radius 2 is 0.641 bits per heavy atom. The van der Waals surface area contributed by atoms with E-state index in [-0.39, 0.29) is 0 Å². The summed E-state index contributed by atoms with van der Waals surface area (Å²) >= 11 is 0. The lowest BCUT2D eigenvalue weighted by Gasteiger charge is -2.14. The van der Waals surface area contributed by atoms with E-state index >= 15 is 0 Å². The van der Waals surface area contributed by atoms with E-state index in [0.29, 0.717) is 0 Å². The van der Waals surface area contributed by atoms with Gasteiger partial charge in [-0.15, -0.1) is 0 Å². The number of hydrogen-bond acceptors (Lipinski definition) is 2. The molecule has 4 heteroatoms. The zero-order chi connectivity index (χ0) is 41.9. The highest BCUT2D eigenvalue weighted by molar-refractivity contribution is 6.34. The number of para-hydroxylation sites is 2. The molecule has 0 radical (unpaired) electrons. The molecule has 0 unspecified atom stereocenters. The lowest BCUT2D eigenvalue weighted by molar-refractivity contribution is 1.11. The van der Waals surface area contributed by atoms with Crippen LogP contribution in [0.3, 0.4) is 0 Å². The Morgan fingerprint density at radius 1 is 0.297 bits per heavy atom. The molecule has 14 aromatic rings. The van der Waals surface area contributed by atoms with Crippen LogP contribution in [0.2, 0.25) is 0 Å². The molecule has 0 aliphatic carbocycles. The van der Waals surface area contributed by atoms with Gasteiger partial charge in [0, 0.05) is 44.0 Å². The number of imidazole rings is 2. The van der Waals surface area contributed by atoms with Crippen LogP contribution in [0, 0.1) is 0 Å². The number of benzene rings is 12. The molecule has 0 fully saturated rings. The maximum absolute atomic E-state index is 5.48. The third-order valence-electron chi connectivity index (χ3n) is 13.4. The first-order valence-electron chi connectivity index (χ1n) is 21.9. The Kier molecular flexibility index (Phi) is 7.36. The number of fused-ring (bicyclic) bond motifs is 6. The van der Waals surface area contributed by atoms with Crippen LogP contribution in [-0.2, 0) is 0 Å². The molecule has 0 bridgehead atoms. The zero-order valence-electron chi connectivity index (χ0n) is 34.6. The molecule has 2 aromatic heterocycles. The SMILES string of the molecule is C(=C\c1ccc(-c2nc3c4cccc5ccc6cccc(c6c54)c3n2-c2ccccc2)cc1)/c1ccc(-c2nc3c4cccc5ccc6cccc(c6c54)c3n2-c2ccccc2)cc1. The Morgan fingerprint density at radius 3 is 1.02 bits per heavy atom. The molecule has 296 valence electrons. The molecular formula is C60H36N4. The van der Waals surface area contributed by atoms with E-state index in [1.54, 1.807) is 0 Å². The molecule has 0 N–H and O–H groups in total. The smallest absolute Gasteiger partial charge is 0.145 e. The average molecular weight is 813 g/mol. The second-order valence-electron chi connectivity index (χ2n) is 16.9. The predicted molar refractivity (Wildman–Crippen MR) is 269 cm³/mol. The van der Waals surface area contributed by atoms with Crippen molar-refractivity contribution in [3.05, 3.63) is 217 Å². The predicted octanol–water partition coefficient (Wildman–Crippen LogP) is 15.7. The van der Waals surface area contributed by atoms with E-state index in [4.69, 9.17) is 9.97 Å². The molecule has 0 atom stereocenters. The molecule has 0 aliphatic heterocycles. The molecule has 0 saturated carbocycles. The monoisotopic (exact) mass is 812 g/mol. The van der Waals surface area contributed by atoms with Gasteiger partial charge in [-0.25, -0.2) is 9.97 Å². The first kappa shape index (κ1) is 35.0. The third kappa shape index (κ3) is 5.05. The largest absolute Gasteiger partial charge is 0.292 e. The van der Waals surface area contributed by atoms with E-state index < -0.39 is 0 Å². The second kappa shape index (κ2) is 13.4. The van der Waals surface area contributed by atoms with Crippen LogP contribution in [0.25, 0.3) is 133 Å². The summed E-state index contributed by atoms with van der Waals surface area (Å²) in [7, 11) is 0. The van der Waals surface area contributed by atoms with E-state index in [1.165, 1.54) is 64.6 Å². The van der Waals surface area contributed by atoms with Gasteiger partial charge in [0.15, 0.2) is 0 Å². The number of rotatable bonds is 6. The second-order valence-corrected chi connectivity index (χ2v) is 16.9. The molecule has 2 heterocycles. The van der Waals surface area contributed by atoms with E-state index in [2.05, 4.69) is 228 Å². The molecule has 0 amide bonds. The van der Waals surface area contributed by atoms with Crippen LogP contribution < -0.4 is 0 Å². The van der Waals surface area contributed by atoms with Crippen LogP contribution >= 0.6 is 0 Å². The Hall–Kier alpha value is -8.60. The van der Waals surface area contributed by atoms with Crippen molar-refractivity contribution in [3.8, 4) is 34.2 Å². The molecule has 0 aliphatic rings. The van der Waals surface area contributed by atoms with Crippen molar-refractivity contribution < 1.29 is 0 Å². The van der Waals surface area contributed by atoms with Crippen LogP contribution in [0.15, 0.2) is 206 Å². The summed E-state index contributed by atoms with van der Waals surface area (Å²) in [5.74, 6) is 1.86. The quantitative estimate of drug-likeness (QED) is 0.124. The lowest BCUT2D eigenvalue weighted by Crippen LogP contribution is -1.98. The fourth-order valence-corrected chi connectivity index (χ4v) is 10.5. The summed E-state index contributed by atoms with van der Waals surface area (Å²) in [6, 6.07) is 74.3. The van der Waals surface area contributed by atoms with E-state index in [9.17, 15) is 0 Å². The van der Waals surface area contributed by atoms with Crippen molar-refractivity contribution >= 4 is 98.9 Å². The van der Waals surface area contributed by atoms with Gasteiger partial charge >= 0.3 is 0 Å². The number of nitrogens with zero attached hydrogens (tertiary/aromatic N) is 4. The molecule has 64 heavy (non-hydrogen) atoms. The van der Waals surface area contributed by atoms with Crippen molar-refractivity contribution in [1.29, 1.82) is 0 Å².